The third-order valence-electron chi connectivity index (χ3n) is 5.25. The molecule has 0 bridgehead atoms. The van der Waals surface area contributed by atoms with Crippen molar-refractivity contribution in [2.24, 2.45) is 5.92 Å². The predicted octanol–water partition coefficient (Wildman–Crippen LogP) is 0.768. The Balaban J connectivity index is 1.48. The second kappa shape index (κ2) is 7.88. The van der Waals surface area contributed by atoms with Gasteiger partial charge >= 0.3 is 0 Å². The molecule has 26 heavy (non-hydrogen) atoms. The van der Waals surface area contributed by atoms with Crippen molar-refractivity contribution in [3.05, 3.63) is 28.4 Å². The number of rotatable bonds is 4. The normalized spacial score (nSPS) is 23.0. The Morgan fingerprint density at radius 1 is 1.23 bits per heavy atom. The van der Waals surface area contributed by atoms with Crippen molar-refractivity contribution in [2.75, 3.05) is 32.8 Å². The molecule has 1 N–H and O–H groups in total. The molecule has 0 aromatic carbocycles. The zero-order valence-electron chi connectivity index (χ0n) is 16.0. The van der Waals surface area contributed by atoms with E-state index in [0.29, 0.717) is 12.5 Å². The van der Waals surface area contributed by atoms with Crippen LogP contribution >= 0.6 is 0 Å². The van der Waals surface area contributed by atoms with Gasteiger partial charge in [0.2, 0.25) is 5.91 Å². The monoisotopic (exact) mass is 362 g/mol. The van der Waals surface area contributed by atoms with E-state index in [1.807, 2.05) is 0 Å². The van der Waals surface area contributed by atoms with Crippen molar-refractivity contribution in [2.45, 2.75) is 51.7 Å². The fraction of sp³-hybridized carbons (Fsp3) is 0.737. The van der Waals surface area contributed by atoms with Crippen LogP contribution in [0.1, 0.15) is 39.3 Å². The van der Waals surface area contributed by atoms with Crippen LogP contribution in [0.25, 0.3) is 0 Å². The first-order valence-electron chi connectivity index (χ1n) is 9.49. The van der Waals surface area contributed by atoms with Crippen LogP contribution in [0.3, 0.4) is 0 Å². The van der Waals surface area contributed by atoms with Crippen molar-refractivity contribution < 1.29 is 9.53 Å². The lowest BCUT2D eigenvalue weighted by molar-refractivity contribution is -0.134. The van der Waals surface area contributed by atoms with Crippen molar-refractivity contribution >= 4 is 5.91 Å². The van der Waals surface area contributed by atoms with Gasteiger partial charge in [0.1, 0.15) is 6.61 Å². The molecule has 0 aliphatic carbocycles. The minimum atomic E-state index is -0.107. The van der Waals surface area contributed by atoms with E-state index < -0.39 is 0 Å². The lowest BCUT2D eigenvalue weighted by Gasteiger charge is -2.35. The molecule has 2 aliphatic heterocycles. The summed E-state index contributed by atoms with van der Waals surface area (Å²) in [6.07, 6.45) is 3.91. The molecule has 2 fully saturated rings. The number of carbonyl (C=O) groups is 1. The number of likely N-dealkylation sites (tertiary alicyclic amines) is 1. The van der Waals surface area contributed by atoms with Crippen LogP contribution in [0.4, 0.5) is 0 Å². The Hall–Kier alpha value is -1.73. The van der Waals surface area contributed by atoms with Crippen LogP contribution in [-0.4, -0.2) is 59.2 Å². The lowest BCUT2D eigenvalue weighted by atomic mass is 9.92. The van der Waals surface area contributed by atoms with Gasteiger partial charge in [-0.1, -0.05) is 20.8 Å². The molecular formula is C19H30N4O3. The number of hydrogen-bond donors (Lipinski definition) is 1. The standard InChI is InChI=1S/C19H30N4O3/c1-19(2,3)16-8-18(25)23(13-21-16)10-14-4-6-22(7-5-14)11-15-9-20-17(24)12-26-15/h8,13-15H,4-7,9-12H2,1-3H3,(H,20,24). The average molecular weight is 362 g/mol. The van der Waals surface area contributed by atoms with Gasteiger partial charge in [0.15, 0.2) is 0 Å². The molecule has 0 saturated carbocycles. The molecule has 7 nitrogen and oxygen atoms in total. The van der Waals surface area contributed by atoms with E-state index >= 15 is 0 Å². The first kappa shape index (κ1) is 19.0. The highest BCUT2D eigenvalue weighted by atomic mass is 16.5. The molecule has 1 aromatic heterocycles. The van der Waals surface area contributed by atoms with Crippen LogP contribution in [-0.2, 0) is 21.5 Å². The number of piperidine rings is 1. The second-order valence-corrected chi connectivity index (χ2v) is 8.50. The summed E-state index contributed by atoms with van der Waals surface area (Å²) in [5.74, 6) is 0.467. The average Bonchev–Trinajstić information content (AvgIpc) is 2.59. The summed E-state index contributed by atoms with van der Waals surface area (Å²) < 4.78 is 7.31. The van der Waals surface area contributed by atoms with E-state index in [4.69, 9.17) is 4.74 Å². The molecule has 2 aliphatic rings. The Labute approximate surface area is 154 Å². The van der Waals surface area contributed by atoms with E-state index in [9.17, 15) is 9.59 Å². The molecule has 1 aromatic rings. The fourth-order valence-electron chi connectivity index (χ4n) is 3.54. The zero-order chi connectivity index (χ0) is 18.7. The number of hydrogen-bond acceptors (Lipinski definition) is 5. The topological polar surface area (TPSA) is 76.5 Å². The number of amides is 1. The minimum Gasteiger partial charge on any atom is -0.365 e. The van der Waals surface area contributed by atoms with Gasteiger partial charge in [-0.05, 0) is 31.8 Å². The highest BCUT2D eigenvalue weighted by Crippen LogP contribution is 2.20. The molecule has 3 rings (SSSR count). The molecule has 1 amide bonds. The van der Waals surface area contributed by atoms with Crippen LogP contribution in [0.2, 0.25) is 0 Å². The Morgan fingerprint density at radius 3 is 2.54 bits per heavy atom. The Kier molecular flexibility index (Phi) is 5.77. The van der Waals surface area contributed by atoms with E-state index in [0.717, 1.165) is 44.7 Å². The third kappa shape index (κ3) is 4.92. The van der Waals surface area contributed by atoms with Crippen LogP contribution < -0.4 is 10.9 Å². The van der Waals surface area contributed by atoms with Gasteiger partial charge in [-0.2, -0.15) is 0 Å². The van der Waals surface area contributed by atoms with Gasteiger partial charge in [-0.15, -0.1) is 0 Å². The second-order valence-electron chi connectivity index (χ2n) is 8.50. The Morgan fingerprint density at radius 2 is 1.96 bits per heavy atom. The minimum absolute atomic E-state index is 0.0310. The molecule has 1 atom stereocenters. The number of nitrogens with zero attached hydrogens (tertiary/aromatic N) is 3. The molecular weight excluding hydrogens is 332 g/mol. The van der Waals surface area contributed by atoms with Crippen LogP contribution in [0, 0.1) is 5.92 Å². The first-order chi connectivity index (χ1) is 12.3. The summed E-state index contributed by atoms with van der Waals surface area (Å²) in [5, 5.41) is 2.85. The maximum absolute atomic E-state index is 12.4. The largest absolute Gasteiger partial charge is 0.365 e. The SMILES string of the molecule is CC(C)(C)c1cc(=O)n(CC2CCN(CC3CNC(=O)CO3)CC2)cn1. The van der Waals surface area contributed by atoms with Crippen molar-refractivity contribution in [1.82, 2.24) is 19.8 Å². The summed E-state index contributed by atoms with van der Waals surface area (Å²) in [6, 6.07) is 1.67. The van der Waals surface area contributed by atoms with Gasteiger partial charge in [0.05, 0.1) is 18.1 Å². The predicted molar refractivity (Wildman–Crippen MR) is 99.1 cm³/mol. The van der Waals surface area contributed by atoms with E-state index in [1.165, 1.54) is 0 Å². The maximum atomic E-state index is 12.4. The van der Waals surface area contributed by atoms with Gasteiger partial charge in [0, 0.05) is 31.1 Å². The molecule has 1 unspecified atom stereocenters. The quantitative estimate of drug-likeness (QED) is 0.856. The Bertz CT molecular complexity index is 677. The van der Waals surface area contributed by atoms with E-state index in [-0.39, 0.29) is 29.6 Å². The van der Waals surface area contributed by atoms with Crippen LogP contribution in [0.15, 0.2) is 17.2 Å². The number of ether oxygens (including phenoxy) is 1. The molecule has 7 heteroatoms. The number of nitrogens with one attached hydrogen (secondary N) is 1. The van der Waals surface area contributed by atoms with Gasteiger partial charge in [0.25, 0.3) is 5.56 Å². The summed E-state index contributed by atoms with van der Waals surface area (Å²) in [6.45, 7) is 10.6. The number of aromatic nitrogens is 2. The first-order valence-corrected chi connectivity index (χ1v) is 9.49. The van der Waals surface area contributed by atoms with Gasteiger partial charge < -0.3 is 15.0 Å². The third-order valence-corrected chi connectivity index (χ3v) is 5.25. The molecule has 3 heterocycles. The van der Waals surface area contributed by atoms with E-state index in [2.05, 4.69) is 36.0 Å². The maximum Gasteiger partial charge on any atom is 0.253 e. The highest BCUT2D eigenvalue weighted by molar-refractivity contribution is 5.77. The molecule has 0 radical (unpaired) electrons. The van der Waals surface area contributed by atoms with E-state index in [1.54, 1.807) is 17.0 Å². The fourth-order valence-corrected chi connectivity index (χ4v) is 3.54. The number of carbonyl (C=O) groups excluding carboxylic acids is 1. The van der Waals surface area contributed by atoms with Gasteiger partial charge in [-0.25, -0.2) is 4.98 Å². The molecule has 2 saturated heterocycles. The lowest BCUT2D eigenvalue weighted by Crippen LogP contribution is -2.49. The zero-order valence-corrected chi connectivity index (χ0v) is 16.0. The molecule has 0 spiro atoms. The summed E-state index contributed by atoms with van der Waals surface area (Å²) in [4.78, 5) is 30.4. The number of morpholine rings is 1. The van der Waals surface area contributed by atoms with Gasteiger partial charge in [-0.3, -0.25) is 14.2 Å². The van der Waals surface area contributed by atoms with Crippen molar-refractivity contribution in [1.29, 1.82) is 0 Å². The summed E-state index contributed by atoms with van der Waals surface area (Å²) in [5.41, 5.74) is 0.774. The summed E-state index contributed by atoms with van der Waals surface area (Å²) >= 11 is 0. The van der Waals surface area contributed by atoms with Crippen molar-refractivity contribution in [3.63, 3.8) is 0 Å². The highest BCUT2D eigenvalue weighted by Gasteiger charge is 2.25. The summed E-state index contributed by atoms with van der Waals surface area (Å²) in [7, 11) is 0. The van der Waals surface area contributed by atoms with Crippen molar-refractivity contribution in [3.8, 4) is 0 Å². The molecule has 144 valence electrons. The smallest absolute Gasteiger partial charge is 0.253 e. The van der Waals surface area contributed by atoms with Crippen LogP contribution in [0.5, 0.6) is 0 Å².